The highest BCUT2D eigenvalue weighted by Crippen LogP contribution is 2.21. The molecule has 21 heavy (non-hydrogen) atoms. The van der Waals surface area contributed by atoms with E-state index in [1.54, 1.807) is 4.90 Å². The number of phenolic OH excluding ortho intramolecular Hbond substituents is 1. The van der Waals surface area contributed by atoms with Gasteiger partial charge in [-0.25, -0.2) is 0 Å². The Kier molecular flexibility index (Phi) is 5.41. The van der Waals surface area contributed by atoms with Gasteiger partial charge in [-0.15, -0.1) is 0 Å². The van der Waals surface area contributed by atoms with Crippen molar-refractivity contribution in [2.75, 3.05) is 32.8 Å². The first-order valence-corrected chi connectivity index (χ1v) is 7.08. The zero-order valence-corrected chi connectivity index (χ0v) is 12.2. The third-order valence-electron chi connectivity index (χ3n) is 3.19. The quantitative estimate of drug-likeness (QED) is 0.870. The van der Waals surface area contributed by atoms with Crippen LogP contribution in [0.15, 0.2) is 18.2 Å². The second-order valence-electron chi connectivity index (χ2n) is 4.66. The lowest BCUT2D eigenvalue weighted by Crippen LogP contribution is -2.42. The molecular weight excluding hydrogens is 296 g/mol. The average Bonchev–Trinajstić information content (AvgIpc) is 2.50. The number of nitrogens with zero attached hydrogens (tertiary/aromatic N) is 1. The van der Waals surface area contributed by atoms with Crippen LogP contribution in [0.2, 0.25) is 5.02 Å². The number of amides is 2. The van der Waals surface area contributed by atoms with Gasteiger partial charge < -0.3 is 20.1 Å². The van der Waals surface area contributed by atoms with Gasteiger partial charge >= 0.3 is 0 Å². The van der Waals surface area contributed by atoms with Crippen LogP contribution >= 0.6 is 11.6 Å². The SMILES string of the molecule is O=C(NCCC(=O)N1CCOCC1)c1cc(Cl)ccc1O. The van der Waals surface area contributed by atoms with E-state index in [2.05, 4.69) is 5.32 Å². The molecule has 1 aliphatic heterocycles. The maximum atomic E-state index is 11.9. The zero-order chi connectivity index (χ0) is 15.2. The Labute approximate surface area is 127 Å². The molecule has 1 aromatic carbocycles. The van der Waals surface area contributed by atoms with E-state index in [-0.39, 0.29) is 30.2 Å². The molecular formula is C14H17ClN2O4. The Morgan fingerprint density at radius 1 is 1.33 bits per heavy atom. The summed E-state index contributed by atoms with van der Waals surface area (Å²) in [6.45, 7) is 2.48. The molecule has 6 nitrogen and oxygen atoms in total. The summed E-state index contributed by atoms with van der Waals surface area (Å²) in [5, 5.41) is 12.6. The van der Waals surface area contributed by atoms with Crippen LogP contribution in [0.25, 0.3) is 0 Å². The molecule has 114 valence electrons. The lowest BCUT2D eigenvalue weighted by atomic mass is 10.2. The number of ether oxygens (including phenoxy) is 1. The number of aromatic hydroxyl groups is 1. The van der Waals surface area contributed by atoms with E-state index in [1.165, 1.54) is 18.2 Å². The van der Waals surface area contributed by atoms with Gasteiger partial charge in [-0.05, 0) is 18.2 Å². The van der Waals surface area contributed by atoms with E-state index in [1.807, 2.05) is 0 Å². The van der Waals surface area contributed by atoms with Crippen LogP contribution in [0.5, 0.6) is 5.75 Å². The molecule has 0 spiro atoms. The highest BCUT2D eigenvalue weighted by Gasteiger charge is 2.17. The molecule has 0 aromatic heterocycles. The number of phenols is 1. The van der Waals surface area contributed by atoms with Crippen LogP contribution in [-0.4, -0.2) is 54.7 Å². The van der Waals surface area contributed by atoms with E-state index in [4.69, 9.17) is 16.3 Å². The lowest BCUT2D eigenvalue weighted by molar-refractivity contribution is -0.135. The molecule has 2 amide bonds. The fourth-order valence-electron chi connectivity index (χ4n) is 2.04. The third-order valence-corrected chi connectivity index (χ3v) is 3.43. The number of benzene rings is 1. The molecule has 0 atom stereocenters. The minimum absolute atomic E-state index is 0.0195. The first-order valence-electron chi connectivity index (χ1n) is 6.70. The van der Waals surface area contributed by atoms with E-state index in [0.717, 1.165) is 0 Å². The van der Waals surface area contributed by atoms with Gasteiger partial charge in [-0.1, -0.05) is 11.6 Å². The van der Waals surface area contributed by atoms with Crippen LogP contribution in [0, 0.1) is 0 Å². The van der Waals surface area contributed by atoms with Crippen LogP contribution in [0.3, 0.4) is 0 Å². The number of carbonyl (C=O) groups excluding carboxylic acids is 2. The van der Waals surface area contributed by atoms with Crippen molar-refractivity contribution in [3.05, 3.63) is 28.8 Å². The van der Waals surface area contributed by atoms with Gasteiger partial charge in [-0.3, -0.25) is 9.59 Å². The first-order chi connectivity index (χ1) is 10.1. The second-order valence-corrected chi connectivity index (χ2v) is 5.10. The molecule has 0 radical (unpaired) electrons. The molecule has 0 bridgehead atoms. The van der Waals surface area contributed by atoms with Gasteiger partial charge in [0.15, 0.2) is 0 Å². The number of halogens is 1. The van der Waals surface area contributed by atoms with Gasteiger partial charge in [0.05, 0.1) is 18.8 Å². The molecule has 7 heteroatoms. The van der Waals surface area contributed by atoms with Crippen molar-refractivity contribution in [3.8, 4) is 5.75 Å². The topological polar surface area (TPSA) is 78.9 Å². The number of morpholine rings is 1. The number of carbonyl (C=O) groups is 2. The van der Waals surface area contributed by atoms with Crippen molar-refractivity contribution in [3.63, 3.8) is 0 Å². The molecule has 1 fully saturated rings. The number of nitrogens with one attached hydrogen (secondary N) is 1. The largest absolute Gasteiger partial charge is 0.507 e. The van der Waals surface area contributed by atoms with Crippen molar-refractivity contribution in [2.24, 2.45) is 0 Å². The van der Waals surface area contributed by atoms with Gasteiger partial charge in [0, 0.05) is 31.1 Å². The van der Waals surface area contributed by atoms with Crippen LogP contribution in [0.1, 0.15) is 16.8 Å². The Bertz CT molecular complexity index is 530. The summed E-state index contributed by atoms with van der Waals surface area (Å²) in [5.74, 6) is -0.616. The summed E-state index contributed by atoms with van der Waals surface area (Å²) in [6, 6.07) is 4.24. The van der Waals surface area contributed by atoms with Crippen LogP contribution in [0.4, 0.5) is 0 Å². The number of hydrogen-bond acceptors (Lipinski definition) is 4. The molecule has 2 N–H and O–H groups in total. The normalized spacial score (nSPS) is 14.8. The Balaban J connectivity index is 1.81. The molecule has 0 aliphatic carbocycles. The Morgan fingerprint density at radius 3 is 2.76 bits per heavy atom. The summed E-state index contributed by atoms with van der Waals surface area (Å²) in [4.78, 5) is 25.5. The molecule has 0 saturated carbocycles. The Morgan fingerprint density at radius 2 is 2.05 bits per heavy atom. The maximum Gasteiger partial charge on any atom is 0.255 e. The van der Waals surface area contributed by atoms with E-state index < -0.39 is 5.91 Å². The number of rotatable bonds is 4. The smallest absolute Gasteiger partial charge is 0.255 e. The third kappa shape index (κ3) is 4.34. The summed E-state index contributed by atoms with van der Waals surface area (Å²) >= 11 is 5.78. The predicted octanol–water partition coefficient (Wildman–Crippen LogP) is 1.02. The van der Waals surface area contributed by atoms with Crippen LogP contribution < -0.4 is 5.32 Å². The molecule has 1 aromatic rings. The summed E-state index contributed by atoms with van der Waals surface area (Å²) in [6.07, 6.45) is 0.215. The average molecular weight is 313 g/mol. The van der Waals surface area contributed by atoms with Gasteiger partial charge in [0.1, 0.15) is 5.75 Å². The van der Waals surface area contributed by atoms with Crippen molar-refractivity contribution < 1.29 is 19.4 Å². The van der Waals surface area contributed by atoms with Gasteiger partial charge in [-0.2, -0.15) is 0 Å². The fraction of sp³-hybridized carbons (Fsp3) is 0.429. The maximum absolute atomic E-state index is 11.9. The van der Waals surface area contributed by atoms with E-state index in [9.17, 15) is 14.7 Å². The highest BCUT2D eigenvalue weighted by molar-refractivity contribution is 6.31. The van der Waals surface area contributed by atoms with Crippen molar-refractivity contribution in [2.45, 2.75) is 6.42 Å². The standard InChI is InChI=1S/C14H17ClN2O4/c15-10-1-2-12(18)11(9-10)14(20)16-4-3-13(19)17-5-7-21-8-6-17/h1-2,9,18H,3-8H2,(H,16,20). The summed E-state index contributed by atoms with van der Waals surface area (Å²) < 4.78 is 5.17. The molecule has 0 unspecified atom stereocenters. The minimum atomic E-state index is -0.454. The number of hydrogen-bond donors (Lipinski definition) is 2. The summed E-state index contributed by atoms with van der Waals surface area (Å²) in [7, 11) is 0. The van der Waals surface area contributed by atoms with E-state index >= 15 is 0 Å². The first kappa shape index (κ1) is 15.6. The van der Waals surface area contributed by atoms with Crippen molar-refractivity contribution in [1.82, 2.24) is 10.2 Å². The minimum Gasteiger partial charge on any atom is -0.507 e. The second kappa shape index (κ2) is 7.28. The monoisotopic (exact) mass is 312 g/mol. The Hall–Kier alpha value is -1.79. The fourth-order valence-corrected chi connectivity index (χ4v) is 2.21. The van der Waals surface area contributed by atoms with Crippen LogP contribution in [-0.2, 0) is 9.53 Å². The summed E-state index contributed by atoms with van der Waals surface area (Å²) in [5.41, 5.74) is 0.0984. The van der Waals surface area contributed by atoms with Crippen molar-refractivity contribution in [1.29, 1.82) is 0 Å². The molecule has 1 heterocycles. The highest BCUT2D eigenvalue weighted by atomic mass is 35.5. The van der Waals surface area contributed by atoms with Crippen molar-refractivity contribution >= 4 is 23.4 Å². The molecule has 2 rings (SSSR count). The molecule has 1 saturated heterocycles. The molecule has 1 aliphatic rings. The predicted molar refractivity (Wildman–Crippen MR) is 77.5 cm³/mol. The lowest BCUT2D eigenvalue weighted by Gasteiger charge is -2.26. The van der Waals surface area contributed by atoms with Gasteiger partial charge in [0.2, 0.25) is 5.91 Å². The zero-order valence-electron chi connectivity index (χ0n) is 11.5. The van der Waals surface area contributed by atoms with Gasteiger partial charge in [0.25, 0.3) is 5.91 Å². The van der Waals surface area contributed by atoms with E-state index in [0.29, 0.717) is 31.3 Å².